The highest BCUT2D eigenvalue weighted by molar-refractivity contribution is 5.93. The van der Waals surface area contributed by atoms with Crippen molar-refractivity contribution in [2.75, 3.05) is 19.0 Å². The number of nitrogens with zero attached hydrogens (tertiary/aromatic N) is 4. The monoisotopic (exact) mass is 463 g/mol. The molecule has 34 heavy (non-hydrogen) atoms. The Morgan fingerprint density at radius 3 is 2.74 bits per heavy atom. The fourth-order valence-corrected chi connectivity index (χ4v) is 3.64. The van der Waals surface area contributed by atoms with E-state index in [-0.39, 0.29) is 0 Å². The number of hydrogen-bond donors (Lipinski definition) is 4. The first-order valence-electron chi connectivity index (χ1n) is 10.8. The van der Waals surface area contributed by atoms with Crippen molar-refractivity contribution < 1.29 is 19.4 Å². The molecule has 0 aliphatic rings. The molecule has 4 rings (SSSR count). The quantitative estimate of drug-likeness (QED) is 0.261. The van der Waals surface area contributed by atoms with Crippen LogP contribution in [0.15, 0.2) is 48.5 Å². The van der Waals surface area contributed by atoms with Crippen molar-refractivity contribution in [1.29, 1.82) is 0 Å². The van der Waals surface area contributed by atoms with E-state index in [1.165, 1.54) is 0 Å². The van der Waals surface area contributed by atoms with E-state index in [2.05, 4.69) is 20.7 Å². The van der Waals surface area contributed by atoms with E-state index in [1.807, 2.05) is 48.5 Å². The molecular weight excluding hydrogens is 438 g/mol. The van der Waals surface area contributed by atoms with Crippen molar-refractivity contribution in [2.24, 2.45) is 5.73 Å². The maximum atomic E-state index is 12.1. The second-order valence-electron chi connectivity index (χ2n) is 7.68. The summed E-state index contributed by atoms with van der Waals surface area (Å²) in [6, 6.07) is 14.2. The number of nitrogens with one attached hydrogen (secondary N) is 2. The van der Waals surface area contributed by atoms with Crippen LogP contribution in [0, 0.1) is 0 Å². The van der Waals surface area contributed by atoms with Gasteiger partial charge in [-0.3, -0.25) is 4.79 Å². The first kappa shape index (κ1) is 22.8. The van der Waals surface area contributed by atoms with Crippen molar-refractivity contribution in [2.45, 2.75) is 25.3 Å². The first-order chi connectivity index (χ1) is 16.5. The molecule has 1 unspecified atom stereocenters. The Morgan fingerprint density at radius 1 is 1.15 bits per heavy atom. The van der Waals surface area contributed by atoms with Crippen molar-refractivity contribution in [1.82, 2.24) is 24.9 Å². The van der Waals surface area contributed by atoms with E-state index in [9.17, 15) is 9.59 Å². The first-order valence-corrected chi connectivity index (χ1v) is 10.8. The third kappa shape index (κ3) is 4.98. The van der Waals surface area contributed by atoms with Crippen molar-refractivity contribution in [3.05, 3.63) is 48.5 Å². The van der Waals surface area contributed by atoms with Gasteiger partial charge in [0, 0.05) is 17.5 Å². The second-order valence-corrected chi connectivity index (χ2v) is 7.68. The molecular formula is C23H25N7O4. The summed E-state index contributed by atoms with van der Waals surface area (Å²) in [7, 11) is 1.59. The van der Waals surface area contributed by atoms with Gasteiger partial charge in [-0.1, -0.05) is 24.3 Å². The predicted octanol–water partition coefficient (Wildman–Crippen LogP) is 2.66. The number of amides is 2. The summed E-state index contributed by atoms with van der Waals surface area (Å²) < 4.78 is 6.88. The van der Waals surface area contributed by atoms with Crippen molar-refractivity contribution >= 4 is 34.5 Å². The molecule has 0 saturated carbocycles. The number of carbonyl (C=O) groups excluding carboxylic acids is 1. The van der Waals surface area contributed by atoms with Crippen LogP contribution in [-0.2, 0) is 4.79 Å². The van der Waals surface area contributed by atoms with Crippen LogP contribution in [0.3, 0.4) is 0 Å². The molecule has 2 amide bonds. The van der Waals surface area contributed by atoms with Crippen LogP contribution in [0.4, 0.5) is 10.7 Å². The Bertz CT molecular complexity index is 1340. The summed E-state index contributed by atoms with van der Waals surface area (Å²) in [6.07, 6.45) is 0.487. The lowest BCUT2D eigenvalue weighted by Crippen LogP contribution is -2.36. The molecule has 0 bridgehead atoms. The van der Waals surface area contributed by atoms with Crippen LogP contribution >= 0.6 is 0 Å². The number of rotatable bonds is 10. The van der Waals surface area contributed by atoms with Gasteiger partial charge in [-0.05, 0) is 43.5 Å². The maximum absolute atomic E-state index is 12.1. The fourth-order valence-electron chi connectivity index (χ4n) is 3.64. The van der Waals surface area contributed by atoms with Crippen LogP contribution in [-0.4, -0.2) is 56.4 Å². The molecule has 0 saturated heterocycles. The Hall–Kier alpha value is -4.41. The van der Waals surface area contributed by atoms with Crippen LogP contribution < -0.4 is 21.1 Å². The van der Waals surface area contributed by atoms with E-state index in [1.54, 1.807) is 11.6 Å². The molecule has 0 radical (unpaired) electrons. The minimum Gasteiger partial charge on any atom is -0.497 e. The third-order valence-corrected chi connectivity index (χ3v) is 5.35. The summed E-state index contributed by atoms with van der Waals surface area (Å²) >= 11 is 0. The van der Waals surface area contributed by atoms with E-state index in [0.717, 1.165) is 10.9 Å². The standard InChI is InChI=1S/C23H25N7O4/c1-34-15-8-6-7-14(13-15)20-28-21-16-9-2-3-10-17(16)26-22(30(21)29-20)27-18(19(24)31)11-4-5-12-25-23(32)33/h2-3,6-10,13,18,25H,4-5,11-12H2,1H3,(H2,24,31)(H,26,27)(H,32,33). The minimum absolute atomic E-state index is 0.298. The molecule has 2 aromatic carbocycles. The topological polar surface area (TPSA) is 157 Å². The minimum atomic E-state index is -1.08. The zero-order valence-corrected chi connectivity index (χ0v) is 18.6. The van der Waals surface area contributed by atoms with E-state index >= 15 is 0 Å². The number of primary amides is 1. The molecule has 2 heterocycles. The second kappa shape index (κ2) is 10.0. The zero-order valence-electron chi connectivity index (χ0n) is 18.6. The van der Waals surface area contributed by atoms with Crippen LogP contribution in [0.2, 0.25) is 0 Å². The molecule has 0 aliphatic heterocycles. The van der Waals surface area contributed by atoms with E-state index in [0.29, 0.717) is 54.5 Å². The number of unbranched alkanes of at least 4 members (excludes halogenated alkanes) is 1. The normalized spacial score (nSPS) is 11.9. The number of fused-ring (bicyclic) bond motifs is 3. The molecule has 0 fully saturated rings. The lowest BCUT2D eigenvalue weighted by atomic mass is 10.1. The number of nitrogens with two attached hydrogens (primary N) is 1. The van der Waals surface area contributed by atoms with Crippen LogP contribution in [0.1, 0.15) is 19.3 Å². The lowest BCUT2D eigenvalue weighted by Gasteiger charge is -2.17. The number of anilines is 1. The van der Waals surface area contributed by atoms with E-state index < -0.39 is 18.0 Å². The van der Waals surface area contributed by atoms with Gasteiger partial charge in [0.25, 0.3) is 0 Å². The summed E-state index contributed by atoms with van der Waals surface area (Å²) in [5.41, 5.74) is 7.68. The average molecular weight is 463 g/mol. The van der Waals surface area contributed by atoms with Crippen LogP contribution in [0.25, 0.3) is 27.9 Å². The SMILES string of the molecule is COc1cccc(-c2nc3c4ccccc4nc(NC(CCCCNC(=O)O)C(N)=O)n3n2)c1. The number of ether oxygens (including phenoxy) is 1. The number of benzene rings is 2. The Balaban J connectivity index is 1.68. The van der Waals surface area contributed by atoms with Gasteiger partial charge in [-0.2, -0.15) is 4.52 Å². The van der Waals surface area contributed by atoms with Gasteiger partial charge in [0.05, 0.1) is 12.6 Å². The van der Waals surface area contributed by atoms with Gasteiger partial charge in [0.1, 0.15) is 11.8 Å². The lowest BCUT2D eigenvalue weighted by molar-refractivity contribution is -0.118. The molecule has 0 spiro atoms. The average Bonchev–Trinajstić information content (AvgIpc) is 3.29. The van der Waals surface area contributed by atoms with Gasteiger partial charge < -0.3 is 26.2 Å². The molecule has 4 aromatic rings. The molecule has 5 N–H and O–H groups in total. The maximum Gasteiger partial charge on any atom is 0.404 e. The summed E-state index contributed by atoms with van der Waals surface area (Å²) in [6.45, 7) is 0.298. The van der Waals surface area contributed by atoms with Crippen molar-refractivity contribution in [3.8, 4) is 17.1 Å². The predicted molar refractivity (Wildman–Crippen MR) is 127 cm³/mol. The van der Waals surface area contributed by atoms with E-state index in [4.69, 9.17) is 20.6 Å². The largest absolute Gasteiger partial charge is 0.497 e. The van der Waals surface area contributed by atoms with Gasteiger partial charge in [0.15, 0.2) is 11.5 Å². The Morgan fingerprint density at radius 2 is 1.97 bits per heavy atom. The number of hydrogen-bond acceptors (Lipinski definition) is 7. The molecule has 0 aliphatic carbocycles. The van der Waals surface area contributed by atoms with Gasteiger partial charge in [0.2, 0.25) is 11.9 Å². The van der Waals surface area contributed by atoms with Gasteiger partial charge >= 0.3 is 6.09 Å². The van der Waals surface area contributed by atoms with Crippen LogP contribution in [0.5, 0.6) is 5.75 Å². The molecule has 11 heteroatoms. The highest BCUT2D eigenvalue weighted by Gasteiger charge is 2.20. The molecule has 1 atom stereocenters. The fraction of sp³-hybridized carbons (Fsp3) is 0.261. The van der Waals surface area contributed by atoms with Gasteiger partial charge in [-0.25, -0.2) is 14.8 Å². The Labute approximate surface area is 195 Å². The molecule has 176 valence electrons. The van der Waals surface area contributed by atoms with Crippen molar-refractivity contribution in [3.63, 3.8) is 0 Å². The zero-order chi connectivity index (χ0) is 24.1. The number of para-hydroxylation sites is 1. The number of methoxy groups -OCH3 is 1. The highest BCUT2D eigenvalue weighted by Crippen LogP contribution is 2.26. The molecule has 2 aromatic heterocycles. The molecule has 11 nitrogen and oxygen atoms in total. The van der Waals surface area contributed by atoms with Gasteiger partial charge in [-0.15, -0.1) is 5.10 Å². The number of carbonyl (C=O) groups is 2. The number of carboxylic acid groups (broad SMARTS) is 1. The smallest absolute Gasteiger partial charge is 0.404 e. The summed E-state index contributed by atoms with van der Waals surface area (Å²) in [4.78, 5) is 32.1. The Kier molecular flexibility index (Phi) is 6.72. The summed E-state index contributed by atoms with van der Waals surface area (Å²) in [5.74, 6) is 0.963. The summed E-state index contributed by atoms with van der Waals surface area (Å²) in [5, 5.41) is 19.6. The number of aromatic nitrogens is 4. The highest BCUT2D eigenvalue weighted by atomic mass is 16.5. The third-order valence-electron chi connectivity index (χ3n) is 5.35.